The Bertz CT molecular complexity index is 992. The first-order valence-corrected chi connectivity index (χ1v) is 11.6. The molecule has 1 N–H and O–H groups in total. The predicted molar refractivity (Wildman–Crippen MR) is 133 cm³/mol. The highest BCUT2D eigenvalue weighted by molar-refractivity contribution is 5.95. The Morgan fingerprint density at radius 1 is 1.06 bits per heavy atom. The van der Waals surface area contributed by atoms with Gasteiger partial charge in [-0.1, -0.05) is 13.8 Å². The quantitative estimate of drug-likeness (QED) is 0.486. The van der Waals surface area contributed by atoms with Crippen LogP contribution < -0.4 is 24.3 Å². The summed E-state index contributed by atoms with van der Waals surface area (Å²) < 4.78 is 21.9. The number of amides is 1. The number of benzene rings is 2. The summed E-state index contributed by atoms with van der Waals surface area (Å²) in [5.74, 6) is 3.01. The summed E-state index contributed by atoms with van der Waals surface area (Å²) in [5.41, 5.74) is 1.53. The lowest BCUT2D eigenvalue weighted by Crippen LogP contribution is -2.36. The fourth-order valence-electron chi connectivity index (χ4n) is 3.73. The molecule has 8 nitrogen and oxygen atoms in total. The molecule has 0 aliphatic carbocycles. The summed E-state index contributed by atoms with van der Waals surface area (Å²) in [4.78, 5) is 13.0. The summed E-state index contributed by atoms with van der Waals surface area (Å²) >= 11 is 0. The van der Waals surface area contributed by atoms with Crippen LogP contribution in [0, 0.1) is 5.92 Å². The Balaban J connectivity index is 1.67. The third-order valence-electron chi connectivity index (χ3n) is 5.67. The van der Waals surface area contributed by atoms with Crippen LogP contribution in [0.5, 0.6) is 23.0 Å². The van der Waals surface area contributed by atoms with Crippen LogP contribution in [0.1, 0.15) is 38.7 Å². The lowest BCUT2D eigenvalue weighted by Gasteiger charge is -2.21. The van der Waals surface area contributed by atoms with Crippen molar-refractivity contribution < 1.29 is 23.7 Å². The van der Waals surface area contributed by atoms with E-state index in [1.165, 1.54) is 0 Å². The van der Waals surface area contributed by atoms with Gasteiger partial charge in [0, 0.05) is 18.3 Å². The van der Waals surface area contributed by atoms with Crippen LogP contribution in [0.25, 0.3) is 0 Å². The molecule has 1 heterocycles. The monoisotopic (exact) mass is 469 g/mol. The SMILES string of the molecule is COc1ccc(NC(=O)C2CCCN2/N=C/c2ccc(OC)c(OCCC(C)C)c2)cc1OC. The molecule has 34 heavy (non-hydrogen) atoms. The van der Waals surface area contributed by atoms with Gasteiger partial charge in [0.1, 0.15) is 6.04 Å². The van der Waals surface area contributed by atoms with E-state index >= 15 is 0 Å². The number of hydrazone groups is 1. The van der Waals surface area contributed by atoms with Crippen molar-refractivity contribution in [2.45, 2.75) is 39.2 Å². The van der Waals surface area contributed by atoms with E-state index < -0.39 is 0 Å². The van der Waals surface area contributed by atoms with Gasteiger partial charge in [-0.15, -0.1) is 0 Å². The van der Waals surface area contributed by atoms with Crippen molar-refractivity contribution in [2.24, 2.45) is 11.0 Å². The normalized spacial score (nSPS) is 15.6. The highest BCUT2D eigenvalue weighted by atomic mass is 16.5. The van der Waals surface area contributed by atoms with Gasteiger partial charge < -0.3 is 24.3 Å². The number of anilines is 1. The number of carbonyl (C=O) groups is 1. The molecule has 0 spiro atoms. The number of rotatable bonds is 11. The standard InChI is InChI=1S/C26H35N3O5/c1-18(2)12-14-34-25-15-19(8-10-23(25)32-4)17-27-29-13-6-7-21(29)26(30)28-20-9-11-22(31-3)24(16-20)33-5/h8-11,15-18,21H,6-7,12-14H2,1-5H3,(H,28,30)/b27-17+. The summed E-state index contributed by atoms with van der Waals surface area (Å²) in [7, 11) is 4.77. The molecule has 1 aliphatic heterocycles. The summed E-state index contributed by atoms with van der Waals surface area (Å²) in [6, 6.07) is 10.7. The molecule has 1 amide bonds. The zero-order chi connectivity index (χ0) is 24.5. The van der Waals surface area contributed by atoms with Crippen LogP contribution in [-0.2, 0) is 4.79 Å². The lowest BCUT2D eigenvalue weighted by atomic mass is 10.1. The average molecular weight is 470 g/mol. The van der Waals surface area contributed by atoms with Gasteiger partial charge in [-0.25, -0.2) is 0 Å². The van der Waals surface area contributed by atoms with Gasteiger partial charge in [0.25, 0.3) is 0 Å². The van der Waals surface area contributed by atoms with Crippen molar-refractivity contribution in [3.63, 3.8) is 0 Å². The van der Waals surface area contributed by atoms with E-state index in [-0.39, 0.29) is 11.9 Å². The molecule has 2 aromatic carbocycles. The number of nitrogens with one attached hydrogen (secondary N) is 1. The molecule has 2 aromatic rings. The minimum absolute atomic E-state index is 0.102. The van der Waals surface area contributed by atoms with E-state index in [1.54, 1.807) is 45.7 Å². The second-order valence-corrected chi connectivity index (χ2v) is 8.57. The molecule has 1 aliphatic rings. The van der Waals surface area contributed by atoms with Crippen molar-refractivity contribution in [2.75, 3.05) is 39.8 Å². The first-order valence-electron chi connectivity index (χ1n) is 11.6. The van der Waals surface area contributed by atoms with Crippen molar-refractivity contribution in [3.05, 3.63) is 42.0 Å². The lowest BCUT2D eigenvalue weighted by molar-refractivity contribution is -0.120. The molecular weight excluding hydrogens is 434 g/mol. The average Bonchev–Trinajstić information content (AvgIpc) is 3.31. The first kappa shape index (κ1) is 25.2. The third kappa shape index (κ3) is 6.56. The van der Waals surface area contributed by atoms with Crippen LogP contribution in [0.15, 0.2) is 41.5 Å². The smallest absolute Gasteiger partial charge is 0.248 e. The van der Waals surface area contributed by atoms with Crippen molar-refractivity contribution in [3.8, 4) is 23.0 Å². The maximum absolute atomic E-state index is 13.0. The topological polar surface area (TPSA) is 81.6 Å². The second kappa shape index (κ2) is 12.2. The van der Waals surface area contributed by atoms with Gasteiger partial charge in [0.2, 0.25) is 5.91 Å². The van der Waals surface area contributed by atoms with Crippen LogP contribution in [0.2, 0.25) is 0 Å². The molecule has 3 rings (SSSR count). The first-order chi connectivity index (χ1) is 16.4. The number of hydrogen-bond donors (Lipinski definition) is 1. The van der Waals surface area contributed by atoms with Crippen LogP contribution in [-0.4, -0.2) is 57.7 Å². The van der Waals surface area contributed by atoms with Crippen molar-refractivity contribution in [1.29, 1.82) is 0 Å². The molecule has 1 unspecified atom stereocenters. The Labute approximate surface area is 201 Å². The largest absolute Gasteiger partial charge is 0.493 e. The minimum atomic E-state index is -0.343. The second-order valence-electron chi connectivity index (χ2n) is 8.57. The molecule has 8 heteroatoms. The van der Waals surface area contributed by atoms with E-state index in [4.69, 9.17) is 18.9 Å². The van der Waals surface area contributed by atoms with Gasteiger partial charge in [0.15, 0.2) is 23.0 Å². The number of ether oxygens (including phenoxy) is 4. The molecule has 1 fully saturated rings. The third-order valence-corrected chi connectivity index (χ3v) is 5.67. The Kier molecular flexibility index (Phi) is 9.01. The fraction of sp³-hybridized carbons (Fsp3) is 0.462. The Morgan fingerprint density at radius 3 is 2.47 bits per heavy atom. The van der Waals surface area contributed by atoms with E-state index in [0.29, 0.717) is 47.8 Å². The number of carbonyl (C=O) groups excluding carboxylic acids is 1. The van der Waals surface area contributed by atoms with Gasteiger partial charge in [-0.2, -0.15) is 5.10 Å². The highest BCUT2D eigenvalue weighted by Gasteiger charge is 2.30. The van der Waals surface area contributed by atoms with Gasteiger partial charge in [-0.05, 0) is 61.1 Å². The molecule has 1 atom stereocenters. The summed E-state index contributed by atoms with van der Waals surface area (Å²) in [5, 5.41) is 9.41. The molecule has 0 radical (unpaired) electrons. The zero-order valence-corrected chi connectivity index (χ0v) is 20.7. The Hall–Kier alpha value is -3.42. The zero-order valence-electron chi connectivity index (χ0n) is 20.7. The Morgan fingerprint density at radius 2 is 1.76 bits per heavy atom. The van der Waals surface area contributed by atoms with Gasteiger partial charge in [0.05, 0.1) is 34.2 Å². The molecule has 0 aromatic heterocycles. The summed E-state index contributed by atoms with van der Waals surface area (Å²) in [6.07, 6.45) is 4.36. The van der Waals surface area contributed by atoms with Crippen LogP contribution in [0.4, 0.5) is 5.69 Å². The van der Waals surface area contributed by atoms with Crippen LogP contribution in [0.3, 0.4) is 0 Å². The van der Waals surface area contributed by atoms with E-state index in [2.05, 4.69) is 24.3 Å². The van der Waals surface area contributed by atoms with Gasteiger partial charge in [-0.3, -0.25) is 9.80 Å². The number of hydrogen-bond acceptors (Lipinski definition) is 7. The van der Waals surface area contributed by atoms with Crippen LogP contribution >= 0.6 is 0 Å². The summed E-state index contributed by atoms with van der Waals surface area (Å²) in [6.45, 7) is 5.67. The fourth-order valence-corrected chi connectivity index (χ4v) is 3.73. The molecule has 1 saturated heterocycles. The molecule has 184 valence electrons. The predicted octanol–water partition coefficient (Wildman–Crippen LogP) is 4.57. The molecule has 0 saturated carbocycles. The molecule has 0 bridgehead atoms. The van der Waals surface area contributed by atoms with E-state index in [1.807, 2.05) is 23.2 Å². The van der Waals surface area contributed by atoms with Crippen molar-refractivity contribution >= 4 is 17.8 Å². The number of nitrogens with zero attached hydrogens (tertiary/aromatic N) is 2. The molecular formula is C26H35N3O5. The van der Waals surface area contributed by atoms with E-state index in [0.717, 1.165) is 24.8 Å². The maximum atomic E-state index is 13.0. The van der Waals surface area contributed by atoms with E-state index in [9.17, 15) is 4.79 Å². The number of methoxy groups -OCH3 is 3. The van der Waals surface area contributed by atoms with Gasteiger partial charge >= 0.3 is 0 Å². The minimum Gasteiger partial charge on any atom is -0.493 e. The highest BCUT2D eigenvalue weighted by Crippen LogP contribution is 2.31. The van der Waals surface area contributed by atoms with Crippen molar-refractivity contribution in [1.82, 2.24) is 5.01 Å². The maximum Gasteiger partial charge on any atom is 0.248 e.